The van der Waals surface area contributed by atoms with Crippen LogP contribution in [0.4, 0.5) is 0 Å². The van der Waals surface area contributed by atoms with Gasteiger partial charge < -0.3 is 15.4 Å². The summed E-state index contributed by atoms with van der Waals surface area (Å²) in [7, 11) is 1.66. The molecular formula is C19H20N4OS. The average molecular weight is 352 g/mol. The third-order valence-electron chi connectivity index (χ3n) is 3.90. The SMILES string of the molecule is COc1cccc(CN(Cc2ccc(-n3cccn3)cc2)C(N)=S)c1. The topological polar surface area (TPSA) is 56.3 Å². The first kappa shape index (κ1) is 17.0. The Morgan fingerprint density at radius 1 is 1.12 bits per heavy atom. The fraction of sp³-hybridized carbons (Fsp3) is 0.158. The summed E-state index contributed by atoms with van der Waals surface area (Å²) in [6.07, 6.45) is 3.68. The summed E-state index contributed by atoms with van der Waals surface area (Å²) in [4.78, 5) is 1.97. The van der Waals surface area contributed by atoms with Crippen LogP contribution in [-0.2, 0) is 13.1 Å². The Hall–Kier alpha value is -2.86. The maximum atomic E-state index is 5.92. The molecule has 0 fully saturated rings. The minimum Gasteiger partial charge on any atom is -0.497 e. The lowest BCUT2D eigenvalue weighted by Crippen LogP contribution is -2.34. The van der Waals surface area contributed by atoms with E-state index < -0.39 is 0 Å². The minimum absolute atomic E-state index is 0.374. The molecule has 0 aliphatic heterocycles. The second-order valence-electron chi connectivity index (χ2n) is 5.66. The Balaban J connectivity index is 1.72. The number of nitrogens with zero attached hydrogens (tertiary/aromatic N) is 3. The van der Waals surface area contributed by atoms with Crippen molar-refractivity contribution in [1.82, 2.24) is 14.7 Å². The Morgan fingerprint density at radius 2 is 1.88 bits per heavy atom. The van der Waals surface area contributed by atoms with E-state index in [1.54, 1.807) is 13.3 Å². The van der Waals surface area contributed by atoms with Crippen LogP contribution < -0.4 is 10.5 Å². The Morgan fingerprint density at radius 3 is 2.52 bits per heavy atom. The average Bonchev–Trinajstić information content (AvgIpc) is 3.16. The van der Waals surface area contributed by atoms with Crippen molar-refractivity contribution in [1.29, 1.82) is 0 Å². The van der Waals surface area contributed by atoms with E-state index in [1.165, 1.54) is 0 Å². The van der Waals surface area contributed by atoms with Crippen LogP contribution >= 0.6 is 12.2 Å². The quantitative estimate of drug-likeness (QED) is 0.691. The number of ether oxygens (including phenoxy) is 1. The van der Waals surface area contributed by atoms with Crippen LogP contribution in [-0.4, -0.2) is 26.9 Å². The maximum Gasteiger partial charge on any atom is 0.166 e. The molecule has 0 bridgehead atoms. The minimum atomic E-state index is 0.374. The van der Waals surface area contributed by atoms with Crippen LogP contribution in [0.1, 0.15) is 11.1 Å². The van der Waals surface area contributed by atoms with Gasteiger partial charge in [0.1, 0.15) is 5.75 Å². The lowest BCUT2D eigenvalue weighted by atomic mass is 10.1. The van der Waals surface area contributed by atoms with Gasteiger partial charge in [0.25, 0.3) is 0 Å². The Kier molecular flexibility index (Phi) is 5.30. The van der Waals surface area contributed by atoms with Crippen LogP contribution in [0.3, 0.4) is 0 Å². The van der Waals surface area contributed by atoms with Crippen molar-refractivity contribution in [2.24, 2.45) is 5.73 Å². The first-order valence-electron chi connectivity index (χ1n) is 7.92. The molecule has 2 aromatic carbocycles. The lowest BCUT2D eigenvalue weighted by Gasteiger charge is -2.23. The van der Waals surface area contributed by atoms with Gasteiger partial charge in [0.2, 0.25) is 0 Å². The number of hydrogen-bond donors (Lipinski definition) is 1. The summed E-state index contributed by atoms with van der Waals surface area (Å²) < 4.78 is 7.10. The van der Waals surface area contributed by atoms with Gasteiger partial charge in [-0.1, -0.05) is 24.3 Å². The number of methoxy groups -OCH3 is 1. The fourth-order valence-electron chi connectivity index (χ4n) is 2.60. The van der Waals surface area contributed by atoms with Crippen LogP contribution in [0.25, 0.3) is 5.69 Å². The van der Waals surface area contributed by atoms with Crippen LogP contribution in [0.5, 0.6) is 5.75 Å². The molecule has 0 aliphatic carbocycles. The molecule has 25 heavy (non-hydrogen) atoms. The van der Waals surface area contributed by atoms with E-state index >= 15 is 0 Å². The van der Waals surface area contributed by atoms with E-state index in [2.05, 4.69) is 17.2 Å². The van der Waals surface area contributed by atoms with E-state index in [-0.39, 0.29) is 0 Å². The molecule has 0 atom stereocenters. The second kappa shape index (κ2) is 7.81. The monoisotopic (exact) mass is 352 g/mol. The van der Waals surface area contributed by atoms with Crippen LogP contribution in [0.15, 0.2) is 67.0 Å². The molecule has 0 saturated carbocycles. The van der Waals surface area contributed by atoms with Gasteiger partial charge in [0.05, 0.1) is 12.8 Å². The summed E-state index contributed by atoms with van der Waals surface area (Å²) in [6.45, 7) is 1.28. The standard InChI is InChI=1S/C19H20N4OS/c1-24-18-5-2-4-16(12-18)14-22(19(20)25)13-15-6-8-17(9-7-15)23-11-3-10-21-23/h2-12H,13-14H2,1H3,(H2,20,25). The molecule has 0 radical (unpaired) electrons. The molecule has 5 nitrogen and oxygen atoms in total. The Bertz CT molecular complexity index is 831. The van der Waals surface area contributed by atoms with Gasteiger partial charge in [0, 0.05) is 25.5 Å². The Labute approximate surface area is 152 Å². The number of benzene rings is 2. The molecule has 0 spiro atoms. The predicted octanol–water partition coefficient (Wildman–Crippen LogP) is 3.13. The molecule has 1 heterocycles. The van der Waals surface area contributed by atoms with Crippen molar-refractivity contribution in [2.45, 2.75) is 13.1 Å². The van der Waals surface area contributed by atoms with Gasteiger partial charge in [-0.15, -0.1) is 0 Å². The normalized spacial score (nSPS) is 10.4. The molecule has 2 N–H and O–H groups in total. The van der Waals surface area contributed by atoms with E-state index in [0.717, 1.165) is 22.6 Å². The summed E-state index contributed by atoms with van der Waals surface area (Å²) in [5, 5.41) is 4.61. The number of thiocarbonyl (C=S) groups is 1. The van der Waals surface area contributed by atoms with Crippen molar-refractivity contribution in [3.63, 3.8) is 0 Å². The second-order valence-corrected chi connectivity index (χ2v) is 6.08. The highest BCUT2D eigenvalue weighted by Crippen LogP contribution is 2.16. The van der Waals surface area contributed by atoms with Gasteiger partial charge >= 0.3 is 0 Å². The van der Waals surface area contributed by atoms with Crippen molar-refractivity contribution in [3.05, 3.63) is 78.1 Å². The third-order valence-corrected chi connectivity index (χ3v) is 4.16. The van der Waals surface area contributed by atoms with Crippen molar-refractivity contribution in [3.8, 4) is 11.4 Å². The van der Waals surface area contributed by atoms with Gasteiger partial charge in [-0.05, 0) is 53.7 Å². The summed E-state index contributed by atoms with van der Waals surface area (Å²) >= 11 is 5.23. The summed E-state index contributed by atoms with van der Waals surface area (Å²) in [5.74, 6) is 0.823. The number of nitrogens with two attached hydrogens (primary N) is 1. The molecule has 6 heteroatoms. The van der Waals surface area contributed by atoms with E-state index in [0.29, 0.717) is 18.2 Å². The third kappa shape index (κ3) is 4.36. The van der Waals surface area contributed by atoms with Gasteiger partial charge in [0.15, 0.2) is 5.11 Å². The molecule has 0 unspecified atom stereocenters. The van der Waals surface area contributed by atoms with E-state index in [1.807, 2.05) is 58.2 Å². The highest BCUT2D eigenvalue weighted by molar-refractivity contribution is 7.80. The van der Waals surface area contributed by atoms with Crippen molar-refractivity contribution in [2.75, 3.05) is 7.11 Å². The number of rotatable bonds is 6. The predicted molar refractivity (Wildman–Crippen MR) is 103 cm³/mol. The van der Waals surface area contributed by atoms with Gasteiger partial charge in [-0.2, -0.15) is 5.10 Å². The van der Waals surface area contributed by atoms with Gasteiger partial charge in [-0.25, -0.2) is 4.68 Å². The lowest BCUT2D eigenvalue weighted by molar-refractivity contribution is 0.400. The van der Waals surface area contributed by atoms with Crippen LogP contribution in [0.2, 0.25) is 0 Å². The molecule has 128 valence electrons. The highest BCUT2D eigenvalue weighted by Gasteiger charge is 2.09. The molecule has 1 aromatic heterocycles. The molecule has 0 saturated heterocycles. The zero-order valence-electron chi connectivity index (χ0n) is 14.0. The molecule has 0 amide bonds. The van der Waals surface area contributed by atoms with E-state index in [9.17, 15) is 0 Å². The maximum absolute atomic E-state index is 5.92. The zero-order valence-corrected chi connectivity index (χ0v) is 14.8. The highest BCUT2D eigenvalue weighted by atomic mass is 32.1. The summed E-state index contributed by atoms with van der Waals surface area (Å²) in [5.41, 5.74) is 9.17. The van der Waals surface area contributed by atoms with Crippen LogP contribution in [0, 0.1) is 0 Å². The molecular weight excluding hydrogens is 332 g/mol. The number of hydrogen-bond acceptors (Lipinski definition) is 3. The largest absolute Gasteiger partial charge is 0.497 e. The molecule has 3 rings (SSSR count). The first-order chi connectivity index (χ1) is 12.2. The van der Waals surface area contributed by atoms with Gasteiger partial charge in [-0.3, -0.25) is 0 Å². The smallest absolute Gasteiger partial charge is 0.166 e. The zero-order chi connectivity index (χ0) is 17.6. The molecule has 0 aliphatic rings. The molecule has 3 aromatic rings. The van der Waals surface area contributed by atoms with E-state index in [4.69, 9.17) is 22.7 Å². The summed E-state index contributed by atoms with van der Waals surface area (Å²) in [6, 6.07) is 18.0. The first-order valence-corrected chi connectivity index (χ1v) is 8.33. The fourth-order valence-corrected chi connectivity index (χ4v) is 2.73. The van der Waals surface area contributed by atoms with Crippen molar-refractivity contribution >= 4 is 17.3 Å². The van der Waals surface area contributed by atoms with Crippen molar-refractivity contribution < 1.29 is 4.74 Å². The number of aromatic nitrogens is 2.